The maximum absolute atomic E-state index is 13.1. The lowest BCUT2D eigenvalue weighted by Crippen LogP contribution is -2.28. The van der Waals surface area contributed by atoms with E-state index in [4.69, 9.17) is 4.52 Å². The van der Waals surface area contributed by atoms with Gasteiger partial charge in [-0.2, -0.15) is 4.98 Å². The van der Waals surface area contributed by atoms with Crippen LogP contribution in [-0.4, -0.2) is 43.6 Å². The molecule has 2 aromatic heterocycles. The van der Waals surface area contributed by atoms with Crippen LogP contribution in [0.15, 0.2) is 58.2 Å². The summed E-state index contributed by atoms with van der Waals surface area (Å²) in [6, 6.07) is 13.5. The Morgan fingerprint density at radius 1 is 1.19 bits per heavy atom. The van der Waals surface area contributed by atoms with Gasteiger partial charge in [-0.25, -0.2) is 4.39 Å². The number of amides is 1. The van der Waals surface area contributed by atoms with Crippen LogP contribution in [0.25, 0.3) is 23.1 Å². The second-order valence-corrected chi connectivity index (χ2v) is 7.82. The first-order valence-electron chi connectivity index (χ1n) is 9.38. The minimum absolute atomic E-state index is 0.0588. The van der Waals surface area contributed by atoms with Gasteiger partial charge in [0.1, 0.15) is 5.82 Å². The second kappa shape index (κ2) is 8.68. The number of halogens is 1. The fourth-order valence-corrected chi connectivity index (χ4v) is 3.69. The molecule has 0 aliphatic carbocycles. The van der Waals surface area contributed by atoms with Crippen molar-refractivity contribution in [1.29, 1.82) is 0 Å². The van der Waals surface area contributed by atoms with Gasteiger partial charge >= 0.3 is 0 Å². The first kappa shape index (κ1) is 20.7. The molecule has 0 radical (unpaired) electrons. The molecule has 1 amide bonds. The number of hydrogen-bond acceptors (Lipinski definition) is 7. The van der Waals surface area contributed by atoms with Crippen LogP contribution in [-0.2, 0) is 11.8 Å². The molecule has 0 saturated carbocycles. The molecule has 4 rings (SSSR count). The van der Waals surface area contributed by atoms with E-state index in [1.54, 1.807) is 35.7 Å². The molecule has 4 aromatic rings. The molecule has 0 saturated heterocycles. The Hall–Kier alpha value is -3.53. The summed E-state index contributed by atoms with van der Waals surface area (Å²) < 4.78 is 20.1. The predicted octanol–water partition coefficient (Wildman–Crippen LogP) is 3.73. The molecule has 0 aliphatic rings. The summed E-state index contributed by atoms with van der Waals surface area (Å²) >= 11 is 1.27. The standard InChI is InChI=1S/C21H19FN6O2S/c1-13-5-4-6-16(11-13)27(2)17(29)12-31-21-25-24-19(28(21)3)20-23-18(26-30-20)14-7-9-15(22)10-8-14/h4-11H,12H2,1-3H3. The second-order valence-electron chi connectivity index (χ2n) is 6.88. The number of hydrogen-bond donors (Lipinski definition) is 0. The van der Waals surface area contributed by atoms with Gasteiger partial charge in [0, 0.05) is 25.3 Å². The monoisotopic (exact) mass is 438 g/mol. The zero-order chi connectivity index (χ0) is 22.0. The third kappa shape index (κ3) is 4.48. The first-order valence-corrected chi connectivity index (χ1v) is 10.4. The van der Waals surface area contributed by atoms with E-state index < -0.39 is 0 Å². The van der Waals surface area contributed by atoms with E-state index >= 15 is 0 Å². The molecule has 0 bridgehead atoms. The summed E-state index contributed by atoms with van der Waals surface area (Å²) in [5.74, 6) is 0.678. The van der Waals surface area contributed by atoms with Crippen molar-refractivity contribution in [3.63, 3.8) is 0 Å². The highest BCUT2D eigenvalue weighted by Crippen LogP contribution is 2.25. The molecule has 0 aliphatic heterocycles. The van der Waals surface area contributed by atoms with Crippen molar-refractivity contribution in [3.8, 4) is 23.1 Å². The highest BCUT2D eigenvalue weighted by molar-refractivity contribution is 7.99. The van der Waals surface area contributed by atoms with E-state index in [9.17, 15) is 9.18 Å². The van der Waals surface area contributed by atoms with Crippen LogP contribution in [0.4, 0.5) is 10.1 Å². The Kier molecular flexibility index (Phi) is 5.81. The molecule has 2 aromatic carbocycles. The van der Waals surface area contributed by atoms with Crippen LogP contribution in [0.5, 0.6) is 0 Å². The number of anilines is 1. The van der Waals surface area contributed by atoms with E-state index in [0.29, 0.717) is 22.4 Å². The lowest BCUT2D eigenvalue weighted by molar-refractivity contribution is -0.115. The van der Waals surface area contributed by atoms with Crippen molar-refractivity contribution in [1.82, 2.24) is 24.9 Å². The zero-order valence-corrected chi connectivity index (χ0v) is 17.9. The van der Waals surface area contributed by atoms with Crippen molar-refractivity contribution in [2.24, 2.45) is 7.05 Å². The van der Waals surface area contributed by atoms with Gasteiger partial charge in [-0.1, -0.05) is 29.1 Å². The van der Waals surface area contributed by atoms with Gasteiger partial charge in [-0.15, -0.1) is 10.2 Å². The average molecular weight is 438 g/mol. The molecule has 0 atom stereocenters. The normalized spacial score (nSPS) is 11.0. The lowest BCUT2D eigenvalue weighted by atomic mass is 10.2. The summed E-state index contributed by atoms with van der Waals surface area (Å²) in [6.45, 7) is 1.98. The Balaban J connectivity index is 1.45. The number of benzene rings is 2. The first-order chi connectivity index (χ1) is 14.9. The molecule has 10 heteroatoms. The number of nitrogens with zero attached hydrogens (tertiary/aromatic N) is 6. The number of rotatable bonds is 6. The molecule has 0 unspecified atom stereocenters. The number of carbonyl (C=O) groups is 1. The molecule has 8 nitrogen and oxygen atoms in total. The molecule has 158 valence electrons. The Labute approximate surface area is 182 Å². The Bertz CT molecular complexity index is 1220. The van der Waals surface area contributed by atoms with Crippen LogP contribution in [0.2, 0.25) is 0 Å². The fourth-order valence-electron chi connectivity index (χ4n) is 2.86. The van der Waals surface area contributed by atoms with E-state index in [1.165, 1.54) is 23.9 Å². The van der Waals surface area contributed by atoms with Gasteiger partial charge < -0.3 is 14.0 Å². The predicted molar refractivity (Wildman–Crippen MR) is 115 cm³/mol. The van der Waals surface area contributed by atoms with Crippen molar-refractivity contribution >= 4 is 23.4 Å². The third-order valence-electron chi connectivity index (χ3n) is 4.64. The molecular formula is C21H19FN6O2S. The zero-order valence-electron chi connectivity index (χ0n) is 17.1. The number of aryl methyl sites for hydroxylation is 1. The van der Waals surface area contributed by atoms with Crippen LogP contribution in [0.3, 0.4) is 0 Å². The molecule has 31 heavy (non-hydrogen) atoms. The minimum atomic E-state index is -0.343. The molecule has 0 spiro atoms. The van der Waals surface area contributed by atoms with Crippen LogP contribution in [0.1, 0.15) is 5.56 Å². The number of carbonyl (C=O) groups excluding carboxylic acids is 1. The summed E-state index contributed by atoms with van der Waals surface area (Å²) in [6.07, 6.45) is 0. The van der Waals surface area contributed by atoms with Crippen molar-refractivity contribution in [3.05, 3.63) is 59.9 Å². The van der Waals surface area contributed by atoms with Crippen molar-refractivity contribution < 1.29 is 13.7 Å². The molecule has 2 heterocycles. The van der Waals surface area contributed by atoms with E-state index in [1.807, 2.05) is 31.2 Å². The lowest BCUT2D eigenvalue weighted by Gasteiger charge is -2.17. The Morgan fingerprint density at radius 3 is 2.71 bits per heavy atom. The Morgan fingerprint density at radius 2 is 1.97 bits per heavy atom. The van der Waals surface area contributed by atoms with Gasteiger partial charge in [0.2, 0.25) is 17.6 Å². The topological polar surface area (TPSA) is 89.9 Å². The summed E-state index contributed by atoms with van der Waals surface area (Å²) in [4.78, 5) is 18.5. The molecule has 0 N–H and O–H groups in total. The number of thioether (sulfide) groups is 1. The van der Waals surface area contributed by atoms with Crippen molar-refractivity contribution in [2.45, 2.75) is 12.1 Å². The average Bonchev–Trinajstić information content (AvgIpc) is 3.39. The van der Waals surface area contributed by atoms with Gasteiger partial charge in [0.25, 0.3) is 5.89 Å². The van der Waals surface area contributed by atoms with Gasteiger partial charge in [-0.3, -0.25) is 4.79 Å². The highest BCUT2D eigenvalue weighted by atomic mass is 32.2. The van der Waals surface area contributed by atoms with Crippen LogP contribution >= 0.6 is 11.8 Å². The van der Waals surface area contributed by atoms with Gasteiger partial charge in [0.05, 0.1) is 5.75 Å². The van der Waals surface area contributed by atoms with Crippen molar-refractivity contribution in [2.75, 3.05) is 17.7 Å². The summed E-state index contributed by atoms with van der Waals surface area (Å²) in [5.41, 5.74) is 2.55. The molecule has 0 fully saturated rings. The van der Waals surface area contributed by atoms with E-state index in [2.05, 4.69) is 20.3 Å². The summed E-state index contributed by atoms with van der Waals surface area (Å²) in [5, 5.41) is 12.7. The summed E-state index contributed by atoms with van der Waals surface area (Å²) in [7, 11) is 3.50. The smallest absolute Gasteiger partial charge is 0.296 e. The minimum Gasteiger partial charge on any atom is -0.330 e. The third-order valence-corrected chi connectivity index (χ3v) is 5.65. The highest BCUT2D eigenvalue weighted by Gasteiger charge is 2.20. The molecular weight excluding hydrogens is 419 g/mol. The fraction of sp³-hybridized carbons (Fsp3) is 0.190. The maximum atomic E-state index is 13.1. The van der Waals surface area contributed by atoms with E-state index in [-0.39, 0.29) is 23.4 Å². The van der Waals surface area contributed by atoms with Gasteiger partial charge in [0.15, 0.2) is 5.16 Å². The van der Waals surface area contributed by atoms with Gasteiger partial charge in [-0.05, 0) is 48.9 Å². The van der Waals surface area contributed by atoms with Crippen LogP contribution in [0, 0.1) is 12.7 Å². The van der Waals surface area contributed by atoms with E-state index in [0.717, 1.165) is 11.3 Å². The number of aromatic nitrogens is 5. The van der Waals surface area contributed by atoms with Crippen LogP contribution < -0.4 is 4.90 Å². The largest absolute Gasteiger partial charge is 0.330 e. The SMILES string of the molecule is Cc1cccc(N(C)C(=O)CSc2nnc(-c3nc(-c4ccc(F)cc4)no3)n2C)c1. The maximum Gasteiger partial charge on any atom is 0.296 e. The quantitative estimate of drug-likeness (QED) is 0.424.